The molecule has 3 saturated heterocycles. The van der Waals surface area contributed by atoms with Crippen molar-refractivity contribution in [1.29, 1.82) is 0 Å². The fourth-order valence-corrected chi connectivity index (χ4v) is 8.11. The summed E-state index contributed by atoms with van der Waals surface area (Å²) in [6.07, 6.45) is 7.60. The van der Waals surface area contributed by atoms with E-state index in [0.717, 1.165) is 48.0 Å². The fraction of sp³-hybridized carbons (Fsp3) is 0.421. The molecule has 2 aromatic heterocycles. The number of amides is 2. The maximum atomic E-state index is 15.7. The summed E-state index contributed by atoms with van der Waals surface area (Å²) in [5.41, 5.74) is 3.66. The molecule has 51 heavy (non-hydrogen) atoms. The highest BCUT2D eigenvalue weighted by Crippen LogP contribution is 2.42. The zero-order valence-electron chi connectivity index (χ0n) is 28.6. The lowest BCUT2D eigenvalue weighted by atomic mass is 9.85. The molecule has 3 aliphatic heterocycles. The van der Waals surface area contributed by atoms with Crippen molar-refractivity contribution in [3.05, 3.63) is 87.6 Å². The first kappa shape index (κ1) is 35.0. The predicted octanol–water partition coefficient (Wildman–Crippen LogP) is 5.57. The van der Waals surface area contributed by atoms with E-state index in [1.807, 2.05) is 23.1 Å². The zero-order valence-corrected chi connectivity index (χ0v) is 29.4. The van der Waals surface area contributed by atoms with Crippen LogP contribution < -0.4 is 20.9 Å². The molecule has 2 atom stereocenters. The van der Waals surface area contributed by atoms with Gasteiger partial charge in [-0.1, -0.05) is 23.7 Å². The highest BCUT2D eigenvalue weighted by molar-refractivity contribution is 6.32. The number of imide groups is 1. The second-order valence-corrected chi connectivity index (χ2v) is 14.3. The molecule has 10 nitrogen and oxygen atoms in total. The average molecular weight is 719 g/mol. The zero-order chi connectivity index (χ0) is 35.9. The quantitative estimate of drug-likeness (QED) is 0.228. The number of pyridine rings is 2. The average Bonchev–Trinajstić information content (AvgIpc) is 3.12. The number of likely N-dealkylation sites (tertiary alicyclic amines) is 2. The summed E-state index contributed by atoms with van der Waals surface area (Å²) in [6, 6.07) is 12.1. The Hall–Kier alpha value is -4.39. The summed E-state index contributed by atoms with van der Waals surface area (Å²) >= 11 is 6.90. The van der Waals surface area contributed by atoms with Crippen molar-refractivity contribution in [3.8, 4) is 16.9 Å². The SMILES string of the molecule is COc1cc(-c2cn(C)c(=O)c3cnccc23)cc(Cl)c1CN1CCC(N2CCC(c3ccc(NC4CCC(=O)NC4=O)cc3)C(F)(F)C2)CC1. The molecule has 2 N–H and O–H groups in total. The van der Waals surface area contributed by atoms with E-state index in [-0.39, 0.29) is 36.4 Å². The minimum atomic E-state index is -2.89. The Morgan fingerprint density at radius 3 is 2.49 bits per heavy atom. The van der Waals surface area contributed by atoms with Gasteiger partial charge in [0.25, 0.3) is 11.5 Å². The number of alkyl halides is 2. The van der Waals surface area contributed by atoms with Crippen molar-refractivity contribution in [2.75, 3.05) is 38.6 Å². The Morgan fingerprint density at radius 1 is 1.02 bits per heavy atom. The third-order valence-electron chi connectivity index (χ3n) is 10.6. The van der Waals surface area contributed by atoms with Crippen molar-refractivity contribution in [2.24, 2.45) is 7.05 Å². The first-order chi connectivity index (χ1) is 24.5. The molecule has 0 radical (unpaired) electrons. The van der Waals surface area contributed by atoms with Gasteiger partial charge in [-0.3, -0.25) is 34.5 Å². The van der Waals surface area contributed by atoms with Crippen LogP contribution in [0, 0.1) is 0 Å². The van der Waals surface area contributed by atoms with Gasteiger partial charge in [-0.2, -0.15) is 0 Å². The van der Waals surface area contributed by atoms with Gasteiger partial charge in [-0.25, -0.2) is 8.78 Å². The number of halogens is 3. The van der Waals surface area contributed by atoms with Crippen LogP contribution in [0.1, 0.15) is 49.1 Å². The Bertz CT molecular complexity index is 2010. The van der Waals surface area contributed by atoms with Crippen LogP contribution in [0.3, 0.4) is 0 Å². The molecule has 4 aromatic rings. The summed E-state index contributed by atoms with van der Waals surface area (Å²) in [5.74, 6) is -3.77. The number of methoxy groups -OCH3 is 1. The molecule has 0 saturated carbocycles. The van der Waals surface area contributed by atoms with Crippen LogP contribution in [-0.4, -0.2) is 82.5 Å². The minimum absolute atomic E-state index is 0.0698. The minimum Gasteiger partial charge on any atom is -0.496 e. The third-order valence-corrected chi connectivity index (χ3v) is 11.0. The van der Waals surface area contributed by atoms with Gasteiger partial charge in [-0.05, 0) is 92.2 Å². The summed E-state index contributed by atoms with van der Waals surface area (Å²) in [5, 5.41) is 7.30. The van der Waals surface area contributed by atoms with Crippen molar-refractivity contribution in [2.45, 2.75) is 62.6 Å². The predicted molar refractivity (Wildman–Crippen MR) is 192 cm³/mol. The van der Waals surface area contributed by atoms with E-state index in [0.29, 0.717) is 53.3 Å². The Kier molecular flexibility index (Phi) is 9.84. The van der Waals surface area contributed by atoms with Gasteiger partial charge in [0.2, 0.25) is 11.8 Å². The van der Waals surface area contributed by atoms with Crippen molar-refractivity contribution in [1.82, 2.24) is 24.7 Å². The molecule has 7 rings (SSSR count). The van der Waals surface area contributed by atoms with E-state index in [1.54, 1.807) is 61.6 Å². The van der Waals surface area contributed by atoms with E-state index >= 15 is 8.78 Å². The molecule has 13 heteroatoms. The summed E-state index contributed by atoms with van der Waals surface area (Å²) < 4.78 is 38.7. The topological polar surface area (TPSA) is 109 Å². The fourth-order valence-electron chi connectivity index (χ4n) is 7.84. The van der Waals surface area contributed by atoms with Gasteiger partial charge in [0.1, 0.15) is 11.8 Å². The number of benzene rings is 2. The van der Waals surface area contributed by atoms with Gasteiger partial charge in [-0.15, -0.1) is 0 Å². The largest absolute Gasteiger partial charge is 0.496 e. The van der Waals surface area contributed by atoms with Gasteiger partial charge < -0.3 is 14.6 Å². The van der Waals surface area contributed by atoms with Crippen LogP contribution >= 0.6 is 11.6 Å². The smallest absolute Gasteiger partial charge is 0.267 e. The first-order valence-corrected chi connectivity index (χ1v) is 17.7. The molecule has 2 amide bonds. The van der Waals surface area contributed by atoms with Crippen molar-refractivity contribution >= 4 is 39.9 Å². The third kappa shape index (κ3) is 7.22. The Morgan fingerprint density at radius 2 is 1.78 bits per heavy atom. The molecule has 268 valence electrons. The summed E-state index contributed by atoms with van der Waals surface area (Å²) in [7, 11) is 3.33. The summed E-state index contributed by atoms with van der Waals surface area (Å²) in [4.78, 5) is 44.6. The molecular formula is C38H41ClF2N6O4. The van der Waals surface area contributed by atoms with Gasteiger partial charge in [0.05, 0.1) is 25.0 Å². The number of aryl methyl sites for hydroxylation is 1. The number of carbonyl (C=O) groups excluding carboxylic acids is 2. The Labute approximate surface area is 299 Å². The first-order valence-electron chi connectivity index (χ1n) is 17.4. The van der Waals surface area contributed by atoms with Crippen LogP contribution in [0.2, 0.25) is 5.02 Å². The number of nitrogens with one attached hydrogen (secondary N) is 2. The van der Waals surface area contributed by atoms with E-state index in [2.05, 4.69) is 20.5 Å². The van der Waals surface area contributed by atoms with Crippen LogP contribution in [-0.2, 0) is 23.2 Å². The number of piperidine rings is 3. The molecule has 3 aliphatic rings. The molecular weight excluding hydrogens is 678 g/mol. The van der Waals surface area contributed by atoms with E-state index < -0.39 is 17.9 Å². The number of nitrogens with zero attached hydrogens (tertiary/aromatic N) is 4. The molecule has 0 spiro atoms. The van der Waals surface area contributed by atoms with Gasteiger partial charge in [0.15, 0.2) is 0 Å². The van der Waals surface area contributed by atoms with Crippen LogP contribution in [0.5, 0.6) is 5.75 Å². The number of rotatable bonds is 8. The number of anilines is 1. The standard InChI is InChI=1S/C38H41ClF2N6O4/c1-45-20-29(27-9-13-42-19-28(27)37(45)50)24-17-32(39)30(34(18-24)51-2)21-46-14-10-26(11-15-46)47-16-12-31(38(40,41)22-47)23-3-5-25(6-4-23)43-33-7-8-35(48)44-36(33)49/h3-6,9,13,17-20,26,31,33,43H,7-8,10-12,14-16,21-22H2,1-2H3,(H,44,48,49). The normalized spacial score (nSPS) is 21.8. The maximum Gasteiger partial charge on any atom is 0.267 e. The molecule has 0 bridgehead atoms. The summed E-state index contributed by atoms with van der Waals surface area (Å²) in [6.45, 7) is 2.38. The van der Waals surface area contributed by atoms with Gasteiger partial charge in [0, 0.05) is 66.5 Å². The monoisotopic (exact) mass is 718 g/mol. The number of carbonyl (C=O) groups is 2. The van der Waals surface area contributed by atoms with E-state index in [4.69, 9.17) is 16.3 Å². The number of hydrogen-bond acceptors (Lipinski definition) is 8. The molecule has 5 heterocycles. The molecule has 2 aromatic carbocycles. The van der Waals surface area contributed by atoms with Gasteiger partial charge >= 0.3 is 0 Å². The number of ether oxygens (including phenoxy) is 1. The maximum absolute atomic E-state index is 15.7. The molecule has 3 fully saturated rings. The lowest BCUT2D eigenvalue weighted by Gasteiger charge is -2.45. The van der Waals surface area contributed by atoms with Crippen molar-refractivity contribution < 1.29 is 23.1 Å². The number of aromatic nitrogens is 2. The van der Waals surface area contributed by atoms with E-state index in [9.17, 15) is 14.4 Å². The van der Waals surface area contributed by atoms with Crippen molar-refractivity contribution in [3.63, 3.8) is 0 Å². The molecule has 0 aliphatic carbocycles. The second kappa shape index (κ2) is 14.3. The highest BCUT2D eigenvalue weighted by Gasteiger charge is 2.47. The lowest BCUT2D eigenvalue weighted by Crippen LogP contribution is -2.53. The number of hydrogen-bond donors (Lipinski definition) is 2. The highest BCUT2D eigenvalue weighted by atomic mass is 35.5. The van der Waals surface area contributed by atoms with Crippen LogP contribution in [0.25, 0.3) is 21.9 Å². The Balaban J connectivity index is 0.965. The molecule has 2 unspecified atom stereocenters. The van der Waals surface area contributed by atoms with Crippen LogP contribution in [0.15, 0.2) is 65.8 Å². The van der Waals surface area contributed by atoms with Crippen LogP contribution in [0.4, 0.5) is 14.5 Å². The van der Waals surface area contributed by atoms with E-state index in [1.165, 1.54) is 0 Å². The second-order valence-electron chi connectivity index (χ2n) is 13.9. The lowest BCUT2D eigenvalue weighted by molar-refractivity contribution is -0.133. The number of fused-ring (bicyclic) bond motifs is 1.